The lowest BCUT2D eigenvalue weighted by Crippen LogP contribution is -2.59. The maximum Gasteiger partial charge on any atom is 0.327 e. The summed E-state index contributed by atoms with van der Waals surface area (Å²) >= 11 is 3.83. The van der Waals surface area contributed by atoms with Gasteiger partial charge in [-0.1, -0.05) is 20.3 Å². The van der Waals surface area contributed by atoms with Crippen molar-refractivity contribution in [2.75, 3.05) is 5.75 Å². The van der Waals surface area contributed by atoms with E-state index in [1.54, 1.807) is 6.92 Å². The summed E-state index contributed by atoms with van der Waals surface area (Å²) in [5.74, 6) is -2.85. The fourth-order valence-corrected chi connectivity index (χ4v) is 1.86. The number of carboxylic acid groups (broad SMARTS) is 1. The molecule has 0 aliphatic rings. The van der Waals surface area contributed by atoms with Crippen LogP contribution in [0, 0.1) is 5.92 Å². The topological polar surface area (TPSA) is 142 Å². The lowest BCUT2D eigenvalue weighted by atomic mass is 9.98. The monoisotopic (exact) mass is 335 g/mol. The van der Waals surface area contributed by atoms with Gasteiger partial charge in [-0.25, -0.2) is 4.79 Å². The largest absolute Gasteiger partial charge is 0.480 e. The van der Waals surface area contributed by atoms with Gasteiger partial charge in [-0.15, -0.1) is 0 Å². The van der Waals surface area contributed by atoms with Gasteiger partial charge in [-0.3, -0.25) is 9.59 Å². The summed E-state index contributed by atoms with van der Waals surface area (Å²) in [5, 5.41) is 23.1. The van der Waals surface area contributed by atoms with E-state index in [-0.39, 0.29) is 11.7 Å². The van der Waals surface area contributed by atoms with E-state index in [4.69, 9.17) is 10.8 Å². The molecule has 0 aromatic carbocycles. The van der Waals surface area contributed by atoms with Crippen molar-refractivity contribution in [3.05, 3.63) is 0 Å². The molecule has 0 fully saturated rings. The van der Waals surface area contributed by atoms with Gasteiger partial charge in [0, 0.05) is 5.75 Å². The van der Waals surface area contributed by atoms with Gasteiger partial charge in [-0.2, -0.15) is 12.6 Å². The first-order valence-corrected chi connectivity index (χ1v) is 7.66. The molecule has 0 aliphatic carbocycles. The van der Waals surface area contributed by atoms with Crippen LogP contribution in [0.3, 0.4) is 0 Å². The number of nitrogens with two attached hydrogens (primary N) is 1. The molecule has 0 aromatic heterocycles. The summed E-state index contributed by atoms with van der Waals surface area (Å²) in [6.45, 7) is 4.99. The Kier molecular flexibility index (Phi) is 9.07. The fraction of sp³-hybridized carbons (Fsp3) is 0.769. The van der Waals surface area contributed by atoms with Crippen molar-refractivity contribution in [2.24, 2.45) is 11.7 Å². The molecule has 2 amide bonds. The third kappa shape index (κ3) is 6.20. The minimum absolute atomic E-state index is 0.0954. The van der Waals surface area contributed by atoms with Crippen LogP contribution in [0.15, 0.2) is 0 Å². The Labute approximate surface area is 135 Å². The molecular weight excluding hydrogens is 310 g/mol. The smallest absolute Gasteiger partial charge is 0.327 e. The molecule has 0 saturated carbocycles. The van der Waals surface area contributed by atoms with E-state index in [9.17, 15) is 19.5 Å². The molecule has 6 N–H and O–H groups in total. The number of aliphatic hydroxyl groups is 1. The van der Waals surface area contributed by atoms with Crippen LogP contribution in [-0.2, 0) is 14.4 Å². The van der Waals surface area contributed by atoms with Crippen molar-refractivity contribution in [3.63, 3.8) is 0 Å². The number of carbonyl (C=O) groups excluding carboxylic acids is 2. The Morgan fingerprint density at radius 2 is 1.73 bits per heavy atom. The number of hydrogen-bond acceptors (Lipinski definition) is 6. The molecule has 0 aliphatic heterocycles. The number of nitrogens with one attached hydrogen (secondary N) is 2. The van der Waals surface area contributed by atoms with E-state index < -0.39 is 42.0 Å². The maximum absolute atomic E-state index is 12.0. The van der Waals surface area contributed by atoms with Crippen LogP contribution in [0.5, 0.6) is 0 Å². The number of aliphatic hydroxyl groups excluding tert-OH is 1. The predicted molar refractivity (Wildman–Crippen MR) is 84.5 cm³/mol. The molecule has 0 heterocycles. The van der Waals surface area contributed by atoms with Crippen molar-refractivity contribution in [3.8, 4) is 0 Å². The summed E-state index contributed by atoms with van der Waals surface area (Å²) in [5.41, 5.74) is 5.76. The number of carbonyl (C=O) groups is 3. The van der Waals surface area contributed by atoms with Gasteiger partial charge in [0.15, 0.2) is 0 Å². The molecule has 9 heteroatoms. The highest BCUT2D eigenvalue weighted by atomic mass is 32.1. The third-order valence-corrected chi connectivity index (χ3v) is 3.78. The number of aliphatic carboxylic acids is 1. The number of hydrogen-bond donors (Lipinski definition) is 6. The van der Waals surface area contributed by atoms with E-state index in [0.29, 0.717) is 6.42 Å². The van der Waals surface area contributed by atoms with Gasteiger partial charge in [-0.05, 0) is 12.8 Å². The second kappa shape index (κ2) is 9.65. The second-order valence-corrected chi connectivity index (χ2v) is 5.59. The molecule has 22 heavy (non-hydrogen) atoms. The Morgan fingerprint density at radius 1 is 1.18 bits per heavy atom. The third-order valence-electron chi connectivity index (χ3n) is 3.42. The van der Waals surface area contributed by atoms with E-state index in [0.717, 1.165) is 0 Å². The van der Waals surface area contributed by atoms with Crippen LogP contribution in [0.2, 0.25) is 0 Å². The molecule has 8 nitrogen and oxygen atoms in total. The quantitative estimate of drug-likeness (QED) is 0.290. The molecule has 0 spiro atoms. The number of carboxylic acids is 1. The summed E-state index contributed by atoms with van der Waals surface area (Å²) in [6.07, 6.45) is -0.525. The van der Waals surface area contributed by atoms with Gasteiger partial charge in [0.1, 0.15) is 12.1 Å². The number of amides is 2. The molecule has 0 aromatic rings. The number of rotatable bonds is 9. The Hall–Kier alpha value is -1.32. The van der Waals surface area contributed by atoms with Crippen LogP contribution < -0.4 is 16.4 Å². The van der Waals surface area contributed by atoms with Gasteiger partial charge < -0.3 is 26.6 Å². The highest BCUT2D eigenvalue weighted by Gasteiger charge is 2.31. The standard InChI is InChI=1S/C13H25N3O5S/c1-4-6(2)9(14)11(18)16-10(7(3)17)12(19)15-8(5-22)13(20)21/h6-10,17,22H,4-5,14H2,1-3H3,(H,15,19)(H,16,18)(H,20,21). The molecule has 5 atom stereocenters. The second-order valence-electron chi connectivity index (χ2n) is 5.22. The maximum atomic E-state index is 12.0. The Bertz CT molecular complexity index is 405. The normalized spacial score (nSPS) is 17.7. The highest BCUT2D eigenvalue weighted by molar-refractivity contribution is 7.80. The molecule has 0 rings (SSSR count). The summed E-state index contributed by atoms with van der Waals surface area (Å²) in [4.78, 5) is 34.9. The average molecular weight is 335 g/mol. The van der Waals surface area contributed by atoms with E-state index in [1.165, 1.54) is 6.92 Å². The zero-order chi connectivity index (χ0) is 17.4. The SMILES string of the molecule is CCC(C)C(N)C(=O)NC(C(=O)NC(CS)C(=O)O)C(C)O. The van der Waals surface area contributed by atoms with Crippen molar-refractivity contribution in [1.82, 2.24) is 10.6 Å². The summed E-state index contributed by atoms with van der Waals surface area (Å²) in [6, 6.07) is -3.32. The van der Waals surface area contributed by atoms with Crippen LogP contribution in [0.1, 0.15) is 27.2 Å². The van der Waals surface area contributed by atoms with Crippen molar-refractivity contribution in [2.45, 2.75) is 51.4 Å². The Morgan fingerprint density at radius 3 is 2.09 bits per heavy atom. The van der Waals surface area contributed by atoms with Crippen LogP contribution >= 0.6 is 12.6 Å². The lowest BCUT2D eigenvalue weighted by Gasteiger charge is -2.25. The highest BCUT2D eigenvalue weighted by Crippen LogP contribution is 2.06. The Balaban J connectivity index is 4.89. The van der Waals surface area contributed by atoms with Crippen LogP contribution in [0.4, 0.5) is 0 Å². The molecule has 128 valence electrons. The lowest BCUT2D eigenvalue weighted by molar-refractivity contribution is -0.142. The average Bonchev–Trinajstić information content (AvgIpc) is 2.47. The fourth-order valence-electron chi connectivity index (χ4n) is 1.61. The molecule has 0 saturated heterocycles. The van der Waals surface area contributed by atoms with Crippen LogP contribution in [0.25, 0.3) is 0 Å². The van der Waals surface area contributed by atoms with Gasteiger partial charge in [0.2, 0.25) is 11.8 Å². The van der Waals surface area contributed by atoms with Crippen LogP contribution in [-0.4, -0.2) is 58.0 Å². The zero-order valence-corrected chi connectivity index (χ0v) is 13.8. The molecule has 5 unspecified atom stereocenters. The van der Waals surface area contributed by atoms with Crippen molar-refractivity contribution in [1.29, 1.82) is 0 Å². The van der Waals surface area contributed by atoms with E-state index in [2.05, 4.69) is 23.3 Å². The first-order chi connectivity index (χ1) is 10.1. The first-order valence-electron chi connectivity index (χ1n) is 7.03. The van der Waals surface area contributed by atoms with Crippen molar-refractivity contribution >= 4 is 30.4 Å². The molecular formula is C13H25N3O5S. The van der Waals surface area contributed by atoms with Gasteiger partial charge in [0.05, 0.1) is 12.1 Å². The minimum atomic E-state index is -1.29. The zero-order valence-electron chi connectivity index (χ0n) is 12.9. The van der Waals surface area contributed by atoms with E-state index in [1.807, 2.05) is 6.92 Å². The summed E-state index contributed by atoms with van der Waals surface area (Å²) in [7, 11) is 0. The summed E-state index contributed by atoms with van der Waals surface area (Å²) < 4.78 is 0. The van der Waals surface area contributed by atoms with Gasteiger partial charge >= 0.3 is 5.97 Å². The number of thiol groups is 1. The minimum Gasteiger partial charge on any atom is -0.480 e. The molecule has 0 radical (unpaired) electrons. The predicted octanol–water partition coefficient (Wildman–Crippen LogP) is -1.28. The van der Waals surface area contributed by atoms with Gasteiger partial charge in [0.25, 0.3) is 0 Å². The first kappa shape index (κ1) is 20.7. The van der Waals surface area contributed by atoms with E-state index >= 15 is 0 Å². The molecule has 0 bridgehead atoms. The van der Waals surface area contributed by atoms with Crippen molar-refractivity contribution < 1.29 is 24.6 Å².